The first-order valence-corrected chi connectivity index (χ1v) is 7.79. The third-order valence-corrected chi connectivity index (χ3v) is 3.89. The van der Waals surface area contributed by atoms with Crippen LogP contribution in [0.1, 0.15) is 24.3 Å². The molecule has 0 unspecified atom stereocenters. The normalized spacial score (nSPS) is 15.5. The Morgan fingerprint density at radius 1 is 1.26 bits per heavy atom. The zero-order valence-corrected chi connectivity index (χ0v) is 13.4. The number of amides is 2. The second-order valence-electron chi connectivity index (χ2n) is 5.82. The fraction of sp³-hybridized carbons (Fsp3) is 0.438. The van der Waals surface area contributed by atoms with E-state index in [-0.39, 0.29) is 6.03 Å². The number of anilines is 2. The molecule has 122 valence electrons. The first kappa shape index (κ1) is 15.3. The summed E-state index contributed by atoms with van der Waals surface area (Å²) in [4.78, 5) is 18.4. The molecular formula is C16H21N5O2. The number of hydrogen-bond acceptors (Lipinski definition) is 5. The van der Waals surface area contributed by atoms with E-state index in [1.54, 1.807) is 17.9 Å². The molecule has 1 aliphatic rings. The van der Waals surface area contributed by atoms with Gasteiger partial charge >= 0.3 is 6.03 Å². The first-order chi connectivity index (χ1) is 11.1. The van der Waals surface area contributed by atoms with Crippen LogP contribution in [0.15, 0.2) is 28.8 Å². The van der Waals surface area contributed by atoms with Crippen molar-refractivity contribution in [2.75, 3.05) is 23.7 Å². The quantitative estimate of drug-likeness (QED) is 0.910. The molecule has 0 aliphatic carbocycles. The topological polar surface area (TPSA) is 83.3 Å². The number of rotatable bonds is 3. The van der Waals surface area contributed by atoms with Gasteiger partial charge in [-0.3, -0.25) is 5.32 Å². The summed E-state index contributed by atoms with van der Waals surface area (Å²) in [6.45, 7) is 5.17. The molecule has 0 bridgehead atoms. The second-order valence-corrected chi connectivity index (χ2v) is 5.82. The van der Waals surface area contributed by atoms with E-state index in [2.05, 4.69) is 20.8 Å². The third kappa shape index (κ3) is 4.00. The van der Waals surface area contributed by atoms with Crippen molar-refractivity contribution in [3.8, 4) is 0 Å². The van der Waals surface area contributed by atoms with Crippen molar-refractivity contribution in [1.29, 1.82) is 0 Å². The number of likely N-dealkylation sites (tertiary alicyclic amines) is 1. The molecule has 1 aliphatic heterocycles. The van der Waals surface area contributed by atoms with Gasteiger partial charge < -0.3 is 14.7 Å². The average molecular weight is 315 g/mol. The summed E-state index contributed by atoms with van der Waals surface area (Å²) in [5, 5.41) is 9.97. The molecule has 3 rings (SSSR count). The Morgan fingerprint density at radius 2 is 2.04 bits per heavy atom. The molecular weight excluding hydrogens is 294 g/mol. The summed E-state index contributed by atoms with van der Waals surface area (Å²) in [6.07, 6.45) is 1.78. The van der Waals surface area contributed by atoms with E-state index < -0.39 is 0 Å². The average Bonchev–Trinajstić information content (AvgIpc) is 2.93. The second kappa shape index (κ2) is 6.68. The highest BCUT2D eigenvalue weighted by Gasteiger charge is 2.23. The maximum absolute atomic E-state index is 12.2. The number of carbonyl (C=O) groups excluding carboxylic acids is 1. The first-order valence-electron chi connectivity index (χ1n) is 7.79. The summed E-state index contributed by atoms with van der Waals surface area (Å²) < 4.78 is 4.95. The number of aromatic nitrogens is 2. The molecule has 2 amide bonds. The van der Waals surface area contributed by atoms with Gasteiger partial charge in [0.15, 0.2) is 5.82 Å². The molecule has 1 fully saturated rings. The summed E-state index contributed by atoms with van der Waals surface area (Å²) in [6, 6.07) is 7.85. The van der Waals surface area contributed by atoms with Crippen molar-refractivity contribution in [2.24, 2.45) is 0 Å². The van der Waals surface area contributed by atoms with Crippen LogP contribution in [0.25, 0.3) is 0 Å². The van der Waals surface area contributed by atoms with Gasteiger partial charge in [0, 0.05) is 30.9 Å². The highest BCUT2D eigenvalue weighted by Crippen LogP contribution is 2.17. The number of urea groups is 1. The van der Waals surface area contributed by atoms with Crippen LogP contribution in [0.4, 0.5) is 16.4 Å². The molecule has 0 saturated carbocycles. The number of piperidine rings is 1. The van der Waals surface area contributed by atoms with E-state index in [9.17, 15) is 4.79 Å². The highest BCUT2D eigenvalue weighted by atomic mass is 16.5. The molecule has 23 heavy (non-hydrogen) atoms. The van der Waals surface area contributed by atoms with Gasteiger partial charge in [-0.25, -0.2) is 9.78 Å². The third-order valence-electron chi connectivity index (χ3n) is 3.89. The summed E-state index contributed by atoms with van der Waals surface area (Å²) >= 11 is 0. The number of carbonyl (C=O) groups is 1. The standard InChI is InChI=1S/C16H21N5O2/c1-11-4-3-5-14(17-11)18-13-6-8-21(9-7-13)16(22)19-15-10-12(2)23-20-15/h3-5,10,13H,6-9H2,1-2H3,(H,17,18)(H,19,20,22). The Balaban J connectivity index is 1.49. The lowest BCUT2D eigenvalue weighted by Crippen LogP contribution is -2.44. The maximum atomic E-state index is 12.2. The van der Waals surface area contributed by atoms with Crippen LogP contribution in [-0.2, 0) is 0 Å². The zero-order chi connectivity index (χ0) is 16.2. The molecule has 3 heterocycles. The number of aryl methyl sites for hydroxylation is 2. The molecule has 0 aromatic carbocycles. The predicted molar refractivity (Wildman–Crippen MR) is 87.5 cm³/mol. The van der Waals surface area contributed by atoms with Gasteiger partial charge in [0.25, 0.3) is 0 Å². The van der Waals surface area contributed by atoms with Crippen molar-refractivity contribution in [3.05, 3.63) is 35.7 Å². The van der Waals surface area contributed by atoms with Gasteiger partial charge in [-0.2, -0.15) is 0 Å². The van der Waals surface area contributed by atoms with Gasteiger partial charge in [0.05, 0.1) is 0 Å². The number of nitrogens with one attached hydrogen (secondary N) is 2. The van der Waals surface area contributed by atoms with E-state index in [1.807, 2.05) is 25.1 Å². The van der Waals surface area contributed by atoms with E-state index in [0.717, 1.165) is 24.4 Å². The van der Waals surface area contributed by atoms with Gasteiger partial charge in [-0.15, -0.1) is 0 Å². The monoisotopic (exact) mass is 315 g/mol. The number of hydrogen-bond donors (Lipinski definition) is 2. The fourth-order valence-corrected chi connectivity index (χ4v) is 2.67. The lowest BCUT2D eigenvalue weighted by atomic mass is 10.1. The predicted octanol–water partition coefficient (Wildman–Crippen LogP) is 2.79. The summed E-state index contributed by atoms with van der Waals surface area (Å²) in [7, 11) is 0. The van der Waals surface area contributed by atoms with Gasteiger partial charge in [-0.1, -0.05) is 11.2 Å². The van der Waals surface area contributed by atoms with Crippen LogP contribution in [0.3, 0.4) is 0 Å². The summed E-state index contributed by atoms with van der Waals surface area (Å²) in [5.74, 6) is 2.02. The number of nitrogens with zero attached hydrogens (tertiary/aromatic N) is 3. The Labute approximate surface area is 135 Å². The lowest BCUT2D eigenvalue weighted by molar-refractivity contribution is 0.196. The minimum absolute atomic E-state index is 0.134. The Morgan fingerprint density at radius 3 is 2.70 bits per heavy atom. The smallest absolute Gasteiger partial charge is 0.323 e. The van der Waals surface area contributed by atoms with Gasteiger partial charge in [-0.05, 0) is 38.8 Å². The molecule has 2 N–H and O–H groups in total. The Hall–Kier alpha value is -2.57. The fourth-order valence-electron chi connectivity index (χ4n) is 2.67. The van der Waals surface area contributed by atoms with Crippen LogP contribution in [0.5, 0.6) is 0 Å². The maximum Gasteiger partial charge on any atom is 0.323 e. The molecule has 1 saturated heterocycles. The minimum Gasteiger partial charge on any atom is -0.367 e. The van der Waals surface area contributed by atoms with Crippen molar-refractivity contribution < 1.29 is 9.32 Å². The van der Waals surface area contributed by atoms with Crippen molar-refractivity contribution >= 4 is 17.7 Å². The molecule has 7 nitrogen and oxygen atoms in total. The molecule has 2 aromatic rings. The SMILES string of the molecule is Cc1cccc(NC2CCN(C(=O)Nc3cc(C)on3)CC2)n1. The van der Waals surface area contributed by atoms with Crippen LogP contribution >= 0.6 is 0 Å². The van der Waals surface area contributed by atoms with E-state index >= 15 is 0 Å². The van der Waals surface area contributed by atoms with Gasteiger partial charge in [0.2, 0.25) is 0 Å². The van der Waals surface area contributed by atoms with Crippen LogP contribution < -0.4 is 10.6 Å². The van der Waals surface area contributed by atoms with E-state index in [0.29, 0.717) is 30.7 Å². The van der Waals surface area contributed by atoms with E-state index in [1.165, 1.54) is 0 Å². The zero-order valence-electron chi connectivity index (χ0n) is 13.4. The van der Waals surface area contributed by atoms with E-state index in [4.69, 9.17) is 4.52 Å². The molecule has 0 radical (unpaired) electrons. The van der Waals surface area contributed by atoms with Crippen molar-refractivity contribution in [2.45, 2.75) is 32.7 Å². The van der Waals surface area contributed by atoms with Crippen LogP contribution in [-0.4, -0.2) is 40.2 Å². The lowest BCUT2D eigenvalue weighted by Gasteiger charge is -2.32. The minimum atomic E-state index is -0.134. The summed E-state index contributed by atoms with van der Waals surface area (Å²) in [5.41, 5.74) is 0.995. The van der Waals surface area contributed by atoms with Crippen LogP contribution in [0.2, 0.25) is 0 Å². The van der Waals surface area contributed by atoms with Crippen LogP contribution in [0, 0.1) is 13.8 Å². The Bertz CT molecular complexity index is 677. The highest BCUT2D eigenvalue weighted by molar-refractivity contribution is 5.88. The largest absolute Gasteiger partial charge is 0.367 e. The molecule has 0 spiro atoms. The van der Waals surface area contributed by atoms with Crippen molar-refractivity contribution in [3.63, 3.8) is 0 Å². The van der Waals surface area contributed by atoms with Crippen molar-refractivity contribution in [1.82, 2.24) is 15.0 Å². The van der Waals surface area contributed by atoms with Gasteiger partial charge in [0.1, 0.15) is 11.6 Å². The Kier molecular flexibility index (Phi) is 4.45. The molecule has 2 aromatic heterocycles. The molecule has 7 heteroatoms. The number of pyridine rings is 1. The molecule has 0 atom stereocenters.